The van der Waals surface area contributed by atoms with Gasteiger partial charge >= 0.3 is 0 Å². The number of primary amides is 1. The molecule has 1 aromatic carbocycles. The molecule has 1 aliphatic heterocycles. The fourth-order valence-electron chi connectivity index (χ4n) is 4.19. The predicted molar refractivity (Wildman–Crippen MR) is 107 cm³/mol. The van der Waals surface area contributed by atoms with E-state index in [4.69, 9.17) is 5.73 Å². The largest absolute Gasteiger partial charge is 0.368 e. The smallest absolute Gasteiger partial charge is 0.237 e. The van der Waals surface area contributed by atoms with Crippen LogP contribution in [0.2, 0.25) is 0 Å². The molecule has 1 aliphatic rings. The number of aryl methyl sites for hydroxylation is 1. The van der Waals surface area contributed by atoms with Gasteiger partial charge < -0.3 is 20.2 Å². The quantitative estimate of drug-likeness (QED) is 0.710. The number of fused-ring (bicyclic) bond motifs is 1. The van der Waals surface area contributed by atoms with Crippen molar-refractivity contribution < 1.29 is 9.59 Å². The van der Waals surface area contributed by atoms with E-state index in [9.17, 15) is 9.59 Å². The van der Waals surface area contributed by atoms with Gasteiger partial charge in [0.05, 0.1) is 6.42 Å². The summed E-state index contributed by atoms with van der Waals surface area (Å²) in [6.45, 7) is 3.57. The molecule has 1 saturated heterocycles. The van der Waals surface area contributed by atoms with Crippen molar-refractivity contribution in [3.8, 4) is 0 Å². The Morgan fingerprint density at radius 2 is 2.00 bits per heavy atom. The summed E-state index contributed by atoms with van der Waals surface area (Å²) in [7, 11) is 0. The van der Waals surface area contributed by atoms with Crippen LogP contribution in [0.4, 0.5) is 0 Å². The molecule has 3 heterocycles. The van der Waals surface area contributed by atoms with Crippen molar-refractivity contribution in [2.75, 3.05) is 13.1 Å². The lowest BCUT2D eigenvalue weighted by Gasteiger charge is -2.32. The summed E-state index contributed by atoms with van der Waals surface area (Å²) in [4.78, 5) is 33.9. The topological polar surface area (TPSA) is 97.0 Å². The number of nitrogens with two attached hydrogens (primary N) is 1. The third kappa shape index (κ3) is 3.52. The van der Waals surface area contributed by atoms with Crippen LogP contribution in [0.15, 0.2) is 36.7 Å². The molecule has 2 amide bonds. The Morgan fingerprint density at radius 3 is 2.75 bits per heavy atom. The first kappa shape index (κ1) is 18.3. The number of aromatic nitrogens is 3. The number of imidazole rings is 1. The van der Waals surface area contributed by atoms with E-state index >= 15 is 0 Å². The number of rotatable bonds is 5. The standard InChI is InChI=1S/C21H25N5O2/c1-14-17(16-4-2-3-5-18(16)24-14)12-20(28)25-9-6-15(7-10-25)21-23-8-11-26(21)13-19(22)27/h2-5,8,11,15,24H,6-7,9-10,12-13H2,1H3,(H2,22,27). The van der Waals surface area contributed by atoms with Crippen molar-refractivity contribution in [3.63, 3.8) is 0 Å². The molecule has 0 aliphatic carbocycles. The van der Waals surface area contributed by atoms with Gasteiger partial charge in [-0.05, 0) is 31.4 Å². The van der Waals surface area contributed by atoms with Crippen LogP contribution in [0.25, 0.3) is 10.9 Å². The fraction of sp³-hybridized carbons (Fsp3) is 0.381. The minimum absolute atomic E-state index is 0.147. The fourth-order valence-corrected chi connectivity index (χ4v) is 4.19. The van der Waals surface area contributed by atoms with E-state index in [2.05, 4.69) is 16.0 Å². The number of para-hydroxylation sites is 1. The number of aromatic amines is 1. The minimum Gasteiger partial charge on any atom is -0.368 e. The van der Waals surface area contributed by atoms with Crippen molar-refractivity contribution in [1.82, 2.24) is 19.4 Å². The molecule has 7 heteroatoms. The Labute approximate surface area is 163 Å². The van der Waals surface area contributed by atoms with Crippen molar-refractivity contribution in [1.29, 1.82) is 0 Å². The zero-order valence-electron chi connectivity index (χ0n) is 16.0. The zero-order chi connectivity index (χ0) is 19.7. The number of benzene rings is 1. The average Bonchev–Trinajstić information content (AvgIpc) is 3.26. The third-order valence-corrected chi connectivity index (χ3v) is 5.64. The molecule has 146 valence electrons. The van der Waals surface area contributed by atoms with E-state index in [0.29, 0.717) is 19.5 Å². The molecule has 2 aromatic heterocycles. The molecule has 0 bridgehead atoms. The van der Waals surface area contributed by atoms with E-state index in [-0.39, 0.29) is 24.3 Å². The Balaban J connectivity index is 1.41. The molecule has 0 unspecified atom stereocenters. The Morgan fingerprint density at radius 1 is 1.25 bits per heavy atom. The summed E-state index contributed by atoms with van der Waals surface area (Å²) in [5, 5.41) is 1.12. The summed E-state index contributed by atoms with van der Waals surface area (Å²) in [6, 6.07) is 8.10. The number of nitrogens with zero attached hydrogens (tertiary/aromatic N) is 3. The van der Waals surface area contributed by atoms with Crippen LogP contribution in [0.5, 0.6) is 0 Å². The molecular formula is C21H25N5O2. The maximum Gasteiger partial charge on any atom is 0.237 e. The summed E-state index contributed by atoms with van der Waals surface area (Å²) in [6.07, 6.45) is 5.59. The van der Waals surface area contributed by atoms with Gasteiger partial charge in [-0.15, -0.1) is 0 Å². The van der Waals surface area contributed by atoms with Gasteiger partial charge in [-0.2, -0.15) is 0 Å². The molecular weight excluding hydrogens is 354 g/mol. The van der Waals surface area contributed by atoms with E-state index in [0.717, 1.165) is 40.8 Å². The highest BCUT2D eigenvalue weighted by Gasteiger charge is 2.27. The highest BCUT2D eigenvalue weighted by Crippen LogP contribution is 2.28. The highest BCUT2D eigenvalue weighted by molar-refractivity contribution is 5.90. The second kappa shape index (κ2) is 7.50. The van der Waals surface area contributed by atoms with Crippen molar-refractivity contribution in [2.45, 2.75) is 38.6 Å². The Kier molecular flexibility index (Phi) is 4.90. The number of carbonyl (C=O) groups excluding carboxylic acids is 2. The molecule has 0 saturated carbocycles. The van der Waals surface area contributed by atoms with Gasteiger partial charge in [-0.25, -0.2) is 4.98 Å². The van der Waals surface area contributed by atoms with Crippen LogP contribution in [0.3, 0.4) is 0 Å². The van der Waals surface area contributed by atoms with Crippen molar-refractivity contribution in [2.24, 2.45) is 5.73 Å². The van der Waals surface area contributed by atoms with Crippen LogP contribution >= 0.6 is 0 Å². The Hall–Kier alpha value is -3.09. The second-order valence-electron chi connectivity index (χ2n) is 7.49. The van der Waals surface area contributed by atoms with E-state index < -0.39 is 0 Å². The molecule has 7 nitrogen and oxygen atoms in total. The van der Waals surface area contributed by atoms with Gasteiger partial charge in [0, 0.05) is 48.0 Å². The number of carbonyl (C=O) groups is 2. The van der Waals surface area contributed by atoms with Gasteiger partial charge in [-0.3, -0.25) is 9.59 Å². The average molecular weight is 379 g/mol. The van der Waals surface area contributed by atoms with Crippen LogP contribution in [0.1, 0.15) is 35.8 Å². The van der Waals surface area contributed by atoms with Crippen LogP contribution in [0, 0.1) is 6.92 Å². The van der Waals surface area contributed by atoms with Gasteiger partial charge in [-0.1, -0.05) is 18.2 Å². The summed E-state index contributed by atoms with van der Waals surface area (Å²) < 4.78 is 1.82. The number of piperidine rings is 1. The van der Waals surface area contributed by atoms with Gasteiger partial charge in [0.25, 0.3) is 0 Å². The monoisotopic (exact) mass is 379 g/mol. The number of nitrogens with one attached hydrogen (secondary N) is 1. The van der Waals surface area contributed by atoms with Crippen molar-refractivity contribution in [3.05, 3.63) is 53.7 Å². The number of hydrogen-bond acceptors (Lipinski definition) is 3. The minimum atomic E-state index is -0.374. The predicted octanol–water partition coefficient (Wildman–Crippen LogP) is 2.11. The number of hydrogen-bond donors (Lipinski definition) is 2. The lowest BCUT2D eigenvalue weighted by atomic mass is 9.95. The van der Waals surface area contributed by atoms with Crippen LogP contribution in [-0.2, 0) is 22.6 Å². The van der Waals surface area contributed by atoms with Gasteiger partial charge in [0.2, 0.25) is 11.8 Å². The number of likely N-dealkylation sites (tertiary alicyclic amines) is 1. The molecule has 0 spiro atoms. The number of amides is 2. The first-order valence-corrected chi connectivity index (χ1v) is 9.66. The zero-order valence-corrected chi connectivity index (χ0v) is 16.0. The molecule has 0 atom stereocenters. The maximum absolute atomic E-state index is 12.9. The van der Waals surface area contributed by atoms with Crippen LogP contribution < -0.4 is 5.73 Å². The van der Waals surface area contributed by atoms with Gasteiger partial charge in [0.15, 0.2) is 0 Å². The normalized spacial score (nSPS) is 15.2. The third-order valence-electron chi connectivity index (χ3n) is 5.64. The van der Waals surface area contributed by atoms with Gasteiger partial charge in [0.1, 0.15) is 12.4 Å². The van der Waals surface area contributed by atoms with Crippen LogP contribution in [-0.4, -0.2) is 44.3 Å². The highest BCUT2D eigenvalue weighted by atomic mass is 16.2. The van der Waals surface area contributed by atoms with E-state index in [1.807, 2.05) is 34.6 Å². The molecule has 1 fully saturated rings. The summed E-state index contributed by atoms with van der Waals surface area (Å²) in [5.41, 5.74) is 8.53. The molecule has 28 heavy (non-hydrogen) atoms. The lowest BCUT2D eigenvalue weighted by Crippen LogP contribution is -2.39. The molecule has 3 aromatic rings. The first-order chi connectivity index (χ1) is 13.5. The van der Waals surface area contributed by atoms with E-state index in [1.165, 1.54) is 0 Å². The Bertz CT molecular complexity index is 1010. The SMILES string of the molecule is Cc1[nH]c2ccccc2c1CC(=O)N1CCC(c2nccn2CC(N)=O)CC1. The van der Waals surface area contributed by atoms with Crippen molar-refractivity contribution >= 4 is 22.7 Å². The summed E-state index contributed by atoms with van der Waals surface area (Å²) in [5.74, 6) is 0.916. The molecule has 4 rings (SSSR count). The van der Waals surface area contributed by atoms with E-state index in [1.54, 1.807) is 12.4 Å². The maximum atomic E-state index is 12.9. The summed E-state index contributed by atoms with van der Waals surface area (Å²) >= 11 is 0. The lowest BCUT2D eigenvalue weighted by molar-refractivity contribution is -0.131. The first-order valence-electron chi connectivity index (χ1n) is 9.66. The molecule has 3 N–H and O–H groups in total. The molecule has 0 radical (unpaired) electrons. The second-order valence-corrected chi connectivity index (χ2v) is 7.49. The number of H-pyrrole nitrogens is 1.